The largest absolute Gasteiger partial charge is 0.497 e. The Morgan fingerprint density at radius 2 is 1.73 bits per heavy atom. The minimum absolute atomic E-state index is 0. The first-order chi connectivity index (χ1) is 14.2. The third-order valence-electron chi connectivity index (χ3n) is 5.51. The first kappa shape index (κ1) is 21.9. The number of ether oxygens (including phenoxy) is 1. The molecule has 1 amide bonds. The predicted octanol–water partition coefficient (Wildman–Crippen LogP) is 3.79. The Balaban J connectivity index is 0.00000256. The highest BCUT2D eigenvalue weighted by molar-refractivity contribution is 5.93. The Morgan fingerprint density at radius 3 is 2.33 bits per heavy atom. The molecule has 0 radical (unpaired) electrons. The molecular formula is C23H27ClN4O2. The van der Waals surface area contributed by atoms with Crippen LogP contribution in [0.15, 0.2) is 60.7 Å². The van der Waals surface area contributed by atoms with Gasteiger partial charge in [-0.25, -0.2) is 4.68 Å². The third-order valence-corrected chi connectivity index (χ3v) is 5.51. The van der Waals surface area contributed by atoms with Gasteiger partial charge in [0.05, 0.1) is 18.5 Å². The van der Waals surface area contributed by atoms with Crippen LogP contribution in [0.2, 0.25) is 0 Å². The van der Waals surface area contributed by atoms with Gasteiger partial charge in [-0.2, -0.15) is 5.10 Å². The maximum absolute atomic E-state index is 13.1. The van der Waals surface area contributed by atoms with Crippen LogP contribution in [0, 0.1) is 0 Å². The molecule has 1 N–H and O–H groups in total. The number of hydrogen-bond acceptors (Lipinski definition) is 4. The number of rotatable bonds is 5. The number of amides is 1. The number of methoxy groups -OCH3 is 1. The fourth-order valence-electron chi connectivity index (χ4n) is 3.75. The quantitative estimate of drug-likeness (QED) is 0.674. The summed E-state index contributed by atoms with van der Waals surface area (Å²) in [7, 11) is 3.63. The molecule has 30 heavy (non-hydrogen) atoms. The van der Waals surface area contributed by atoms with Gasteiger partial charge in [0.2, 0.25) is 0 Å². The summed E-state index contributed by atoms with van der Waals surface area (Å²) >= 11 is 0. The molecule has 0 unspecified atom stereocenters. The van der Waals surface area contributed by atoms with E-state index in [2.05, 4.69) is 5.32 Å². The molecule has 0 atom stereocenters. The summed E-state index contributed by atoms with van der Waals surface area (Å²) in [6.07, 6.45) is 1.93. The van der Waals surface area contributed by atoms with E-state index >= 15 is 0 Å². The monoisotopic (exact) mass is 426 g/mol. The maximum Gasteiger partial charge on any atom is 0.274 e. The van der Waals surface area contributed by atoms with Crippen molar-refractivity contribution in [1.29, 1.82) is 0 Å². The molecule has 2 heterocycles. The average molecular weight is 427 g/mol. The maximum atomic E-state index is 13.1. The van der Waals surface area contributed by atoms with Crippen molar-refractivity contribution in [2.45, 2.75) is 18.9 Å². The van der Waals surface area contributed by atoms with E-state index in [9.17, 15) is 4.79 Å². The second kappa shape index (κ2) is 9.78. The van der Waals surface area contributed by atoms with Crippen LogP contribution < -0.4 is 10.1 Å². The van der Waals surface area contributed by atoms with Crippen LogP contribution in [0.25, 0.3) is 16.9 Å². The van der Waals surface area contributed by atoms with Crippen molar-refractivity contribution in [2.24, 2.45) is 0 Å². The summed E-state index contributed by atoms with van der Waals surface area (Å²) in [6.45, 7) is 1.50. The molecule has 2 aromatic carbocycles. The van der Waals surface area contributed by atoms with Crippen LogP contribution in [-0.2, 0) is 0 Å². The number of nitrogens with zero attached hydrogens (tertiary/aromatic N) is 3. The number of benzene rings is 2. The van der Waals surface area contributed by atoms with Gasteiger partial charge >= 0.3 is 0 Å². The number of halogens is 1. The van der Waals surface area contributed by atoms with Crippen LogP contribution >= 0.6 is 12.4 Å². The molecule has 3 aromatic rings. The van der Waals surface area contributed by atoms with E-state index in [0.29, 0.717) is 11.7 Å². The fourth-order valence-corrected chi connectivity index (χ4v) is 3.75. The predicted molar refractivity (Wildman–Crippen MR) is 121 cm³/mol. The number of nitrogens with one attached hydrogen (secondary N) is 1. The molecule has 1 fully saturated rings. The number of hydrogen-bond donors (Lipinski definition) is 1. The average Bonchev–Trinajstić information content (AvgIpc) is 3.25. The smallest absolute Gasteiger partial charge is 0.274 e. The molecule has 7 heteroatoms. The zero-order valence-electron chi connectivity index (χ0n) is 17.2. The second-order valence-corrected chi connectivity index (χ2v) is 7.25. The van der Waals surface area contributed by atoms with Crippen molar-refractivity contribution in [2.75, 3.05) is 27.2 Å². The molecule has 0 bridgehead atoms. The van der Waals surface area contributed by atoms with E-state index in [1.54, 1.807) is 7.11 Å². The summed E-state index contributed by atoms with van der Waals surface area (Å²) in [5.41, 5.74) is 3.26. The van der Waals surface area contributed by atoms with Crippen molar-refractivity contribution in [3.63, 3.8) is 0 Å². The minimum Gasteiger partial charge on any atom is -0.497 e. The van der Waals surface area contributed by atoms with E-state index in [0.717, 1.165) is 48.6 Å². The number of aromatic nitrogens is 2. The summed E-state index contributed by atoms with van der Waals surface area (Å²) in [5, 5.41) is 7.99. The number of para-hydroxylation sites is 1. The molecule has 0 saturated carbocycles. The zero-order chi connectivity index (χ0) is 20.2. The highest BCUT2D eigenvalue weighted by Gasteiger charge is 2.25. The van der Waals surface area contributed by atoms with Gasteiger partial charge in [0.15, 0.2) is 5.69 Å². The lowest BCUT2D eigenvalue weighted by Crippen LogP contribution is -2.44. The standard InChI is InChI=1S/C23H26N4O2.ClH/c1-24-18-12-14-26(15-13-18)23(28)21-16-22(17-8-10-20(29-2)11-9-17)27(25-21)19-6-4-3-5-7-19;/h3-11,16,18,24H,12-15H2,1-2H3;1H. The van der Waals surface area contributed by atoms with Crippen molar-refractivity contribution >= 4 is 18.3 Å². The summed E-state index contributed by atoms with van der Waals surface area (Å²) in [6, 6.07) is 20.1. The number of likely N-dealkylation sites (tertiary alicyclic amines) is 1. The van der Waals surface area contributed by atoms with Crippen LogP contribution in [0.5, 0.6) is 5.75 Å². The normalized spacial score (nSPS) is 14.3. The molecular weight excluding hydrogens is 400 g/mol. The van der Waals surface area contributed by atoms with E-state index < -0.39 is 0 Å². The molecule has 0 spiro atoms. The van der Waals surface area contributed by atoms with Crippen LogP contribution in [0.4, 0.5) is 0 Å². The molecule has 1 saturated heterocycles. The summed E-state index contributed by atoms with van der Waals surface area (Å²) in [4.78, 5) is 15.0. The number of carbonyl (C=O) groups excluding carboxylic acids is 1. The Hall–Kier alpha value is -2.83. The van der Waals surface area contributed by atoms with E-state index in [1.807, 2.05) is 77.3 Å². The fraction of sp³-hybridized carbons (Fsp3) is 0.304. The Morgan fingerprint density at radius 1 is 1.07 bits per heavy atom. The van der Waals surface area contributed by atoms with E-state index in [-0.39, 0.29) is 18.3 Å². The molecule has 4 rings (SSSR count). The number of carbonyl (C=O) groups is 1. The van der Waals surface area contributed by atoms with Gasteiger partial charge < -0.3 is 15.0 Å². The van der Waals surface area contributed by atoms with Crippen LogP contribution in [0.3, 0.4) is 0 Å². The Labute approximate surface area is 183 Å². The van der Waals surface area contributed by atoms with E-state index in [1.165, 1.54) is 0 Å². The molecule has 1 aromatic heterocycles. The highest BCUT2D eigenvalue weighted by Crippen LogP contribution is 2.27. The first-order valence-electron chi connectivity index (χ1n) is 9.96. The lowest BCUT2D eigenvalue weighted by Gasteiger charge is -2.31. The van der Waals surface area contributed by atoms with Crippen molar-refractivity contribution in [1.82, 2.24) is 20.0 Å². The van der Waals surface area contributed by atoms with Gasteiger partial charge in [0.25, 0.3) is 5.91 Å². The third kappa shape index (κ3) is 4.50. The van der Waals surface area contributed by atoms with Crippen molar-refractivity contribution < 1.29 is 9.53 Å². The van der Waals surface area contributed by atoms with Gasteiger partial charge in [0.1, 0.15) is 5.75 Å². The van der Waals surface area contributed by atoms with Gasteiger partial charge in [0, 0.05) is 24.7 Å². The molecule has 0 aliphatic carbocycles. The summed E-state index contributed by atoms with van der Waals surface area (Å²) in [5.74, 6) is 0.784. The van der Waals surface area contributed by atoms with Crippen molar-refractivity contribution in [3.8, 4) is 22.7 Å². The van der Waals surface area contributed by atoms with Crippen LogP contribution in [0.1, 0.15) is 23.3 Å². The highest BCUT2D eigenvalue weighted by atomic mass is 35.5. The lowest BCUT2D eigenvalue weighted by atomic mass is 10.0. The SMILES string of the molecule is CNC1CCN(C(=O)c2cc(-c3ccc(OC)cc3)n(-c3ccccc3)n2)CC1.Cl. The molecule has 1 aliphatic heterocycles. The molecule has 158 valence electrons. The van der Waals surface area contributed by atoms with Gasteiger partial charge in [-0.1, -0.05) is 18.2 Å². The topological polar surface area (TPSA) is 59.4 Å². The molecule has 6 nitrogen and oxygen atoms in total. The van der Waals surface area contributed by atoms with Gasteiger partial charge in [-0.05, 0) is 62.4 Å². The Bertz CT molecular complexity index is 965. The van der Waals surface area contributed by atoms with Gasteiger partial charge in [-0.15, -0.1) is 12.4 Å². The summed E-state index contributed by atoms with van der Waals surface area (Å²) < 4.78 is 7.11. The van der Waals surface area contributed by atoms with Crippen LogP contribution in [-0.4, -0.2) is 53.9 Å². The minimum atomic E-state index is -0.0102. The zero-order valence-corrected chi connectivity index (χ0v) is 18.1. The molecule has 1 aliphatic rings. The van der Waals surface area contributed by atoms with Gasteiger partial charge in [-0.3, -0.25) is 4.79 Å². The first-order valence-corrected chi connectivity index (χ1v) is 9.96. The number of piperidine rings is 1. The van der Waals surface area contributed by atoms with E-state index in [4.69, 9.17) is 9.84 Å². The lowest BCUT2D eigenvalue weighted by molar-refractivity contribution is 0.0701. The Kier molecular flexibility index (Phi) is 7.13. The van der Waals surface area contributed by atoms with Crippen molar-refractivity contribution in [3.05, 3.63) is 66.4 Å². The second-order valence-electron chi connectivity index (χ2n) is 7.25.